The number of carbonyl (C=O) groups is 2. The Morgan fingerprint density at radius 2 is 1.50 bits per heavy atom. The third-order valence-electron chi connectivity index (χ3n) is 1.49. The number of hydrogen-bond acceptors (Lipinski definition) is 3. The highest BCUT2D eigenvalue weighted by atomic mass is 16.6. The Morgan fingerprint density at radius 1 is 1.00 bits per heavy atom. The number of esters is 1. The van der Waals surface area contributed by atoms with E-state index in [2.05, 4.69) is 5.32 Å². The van der Waals surface area contributed by atoms with Crippen LogP contribution in [0.4, 0.5) is 0 Å². The molecule has 0 saturated heterocycles. The van der Waals surface area contributed by atoms with Crippen LogP contribution in [0.5, 0.6) is 0 Å². The van der Waals surface area contributed by atoms with Gasteiger partial charge in [-0.05, 0) is 41.5 Å². The smallest absolute Gasteiger partial charge is 0.306 e. The van der Waals surface area contributed by atoms with Crippen molar-refractivity contribution in [2.45, 2.75) is 65.5 Å². The first-order valence-corrected chi connectivity index (χ1v) is 5.52. The summed E-state index contributed by atoms with van der Waals surface area (Å²) in [4.78, 5) is 22.7. The van der Waals surface area contributed by atoms with Crippen LogP contribution in [0.25, 0.3) is 0 Å². The van der Waals surface area contributed by atoms with Crippen LogP contribution in [0.1, 0.15) is 54.4 Å². The van der Waals surface area contributed by atoms with Crippen molar-refractivity contribution in [3.8, 4) is 0 Å². The summed E-state index contributed by atoms with van der Waals surface area (Å²) in [6, 6.07) is 0. The topological polar surface area (TPSA) is 55.4 Å². The van der Waals surface area contributed by atoms with E-state index < -0.39 is 5.60 Å². The van der Waals surface area contributed by atoms with Gasteiger partial charge in [-0.2, -0.15) is 0 Å². The van der Waals surface area contributed by atoms with E-state index in [1.54, 1.807) is 20.8 Å². The molecule has 0 rings (SSSR count). The summed E-state index contributed by atoms with van der Waals surface area (Å²) >= 11 is 0. The van der Waals surface area contributed by atoms with Gasteiger partial charge in [0, 0.05) is 12.0 Å². The van der Waals surface area contributed by atoms with Gasteiger partial charge in [0.05, 0.1) is 6.42 Å². The summed E-state index contributed by atoms with van der Waals surface area (Å²) in [5, 5.41) is 2.79. The Labute approximate surface area is 97.7 Å². The van der Waals surface area contributed by atoms with Crippen molar-refractivity contribution in [1.82, 2.24) is 5.32 Å². The van der Waals surface area contributed by atoms with Crippen LogP contribution >= 0.6 is 0 Å². The molecule has 0 heterocycles. The first-order chi connectivity index (χ1) is 6.99. The zero-order valence-electron chi connectivity index (χ0n) is 11.1. The highest BCUT2D eigenvalue weighted by molar-refractivity contribution is 5.81. The summed E-state index contributed by atoms with van der Waals surface area (Å²) in [6.07, 6.45) is 0.297. The van der Waals surface area contributed by atoms with Gasteiger partial charge in [-0.1, -0.05) is 0 Å². The van der Waals surface area contributed by atoms with Gasteiger partial charge in [0.25, 0.3) is 0 Å². The molecule has 0 aliphatic carbocycles. The van der Waals surface area contributed by atoms with Crippen LogP contribution in [0.2, 0.25) is 0 Å². The third kappa shape index (κ3) is 9.49. The normalized spacial score (nSPS) is 12.1. The fraction of sp³-hybridized carbons (Fsp3) is 0.833. The molecule has 0 aliphatic rings. The third-order valence-corrected chi connectivity index (χ3v) is 1.49. The Hall–Kier alpha value is -1.06. The van der Waals surface area contributed by atoms with Crippen LogP contribution in [-0.4, -0.2) is 23.0 Å². The van der Waals surface area contributed by atoms with Crippen molar-refractivity contribution in [2.75, 3.05) is 0 Å². The Kier molecular flexibility index (Phi) is 4.97. The summed E-state index contributed by atoms with van der Waals surface area (Å²) in [5.41, 5.74) is -0.747. The quantitative estimate of drug-likeness (QED) is 0.753. The number of rotatable bonds is 3. The molecule has 94 valence electrons. The van der Waals surface area contributed by atoms with E-state index in [1.807, 2.05) is 20.8 Å². The molecule has 1 N–H and O–H groups in total. The van der Waals surface area contributed by atoms with E-state index in [1.165, 1.54) is 0 Å². The van der Waals surface area contributed by atoms with Crippen molar-refractivity contribution in [3.05, 3.63) is 0 Å². The second-order valence-corrected chi connectivity index (χ2v) is 5.88. The maximum atomic E-state index is 11.4. The molecule has 4 nitrogen and oxygen atoms in total. The minimum Gasteiger partial charge on any atom is -0.460 e. The van der Waals surface area contributed by atoms with Gasteiger partial charge in [-0.3, -0.25) is 9.59 Å². The molecule has 0 aromatic heterocycles. The monoisotopic (exact) mass is 229 g/mol. The molecule has 0 fully saturated rings. The lowest BCUT2D eigenvalue weighted by Crippen LogP contribution is -2.40. The largest absolute Gasteiger partial charge is 0.460 e. The zero-order valence-corrected chi connectivity index (χ0v) is 11.1. The summed E-state index contributed by atoms with van der Waals surface area (Å²) in [6.45, 7) is 11.1. The van der Waals surface area contributed by atoms with Crippen LogP contribution < -0.4 is 5.32 Å². The Bertz CT molecular complexity index is 230. The second kappa shape index (κ2) is 5.32. The van der Waals surface area contributed by atoms with Crippen molar-refractivity contribution in [3.63, 3.8) is 0 Å². The molecule has 0 aromatic carbocycles. The van der Waals surface area contributed by atoms with Gasteiger partial charge < -0.3 is 10.1 Å². The minimum atomic E-state index is -0.489. The first kappa shape index (κ1) is 14.9. The number of carbonyl (C=O) groups excluding carboxylic acids is 2. The van der Waals surface area contributed by atoms with Gasteiger partial charge >= 0.3 is 5.97 Å². The molecule has 0 unspecified atom stereocenters. The first-order valence-electron chi connectivity index (χ1n) is 5.52. The summed E-state index contributed by atoms with van der Waals surface area (Å²) in [5.74, 6) is -0.463. The SMILES string of the molecule is CC(C)(C)NC(=O)CCC(=O)OC(C)(C)C. The van der Waals surface area contributed by atoms with Crippen LogP contribution in [0, 0.1) is 0 Å². The molecule has 0 bridgehead atoms. The van der Waals surface area contributed by atoms with Gasteiger partial charge in [-0.15, -0.1) is 0 Å². The Balaban J connectivity index is 3.90. The molecule has 16 heavy (non-hydrogen) atoms. The van der Waals surface area contributed by atoms with Crippen LogP contribution in [0.15, 0.2) is 0 Å². The summed E-state index contributed by atoms with van der Waals surface area (Å²) in [7, 11) is 0. The van der Waals surface area contributed by atoms with Gasteiger partial charge in [0.1, 0.15) is 5.60 Å². The minimum absolute atomic E-state index is 0.124. The lowest BCUT2D eigenvalue weighted by Gasteiger charge is -2.21. The number of hydrogen-bond donors (Lipinski definition) is 1. The molecular formula is C12H23NO3. The van der Waals surface area contributed by atoms with Crippen molar-refractivity contribution in [2.24, 2.45) is 0 Å². The number of nitrogens with one attached hydrogen (secondary N) is 1. The fourth-order valence-electron chi connectivity index (χ4n) is 1.09. The molecule has 0 spiro atoms. The molecule has 0 atom stereocenters. The van der Waals surface area contributed by atoms with E-state index >= 15 is 0 Å². The predicted molar refractivity (Wildman–Crippen MR) is 63.0 cm³/mol. The van der Waals surface area contributed by atoms with Crippen molar-refractivity contribution in [1.29, 1.82) is 0 Å². The average molecular weight is 229 g/mol. The lowest BCUT2D eigenvalue weighted by molar-refractivity contribution is -0.155. The van der Waals surface area contributed by atoms with Gasteiger partial charge in [-0.25, -0.2) is 0 Å². The fourth-order valence-corrected chi connectivity index (χ4v) is 1.09. The number of ether oxygens (including phenoxy) is 1. The molecule has 1 amide bonds. The maximum absolute atomic E-state index is 11.4. The van der Waals surface area contributed by atoms with Gasteiger partial charge in [0.15, 0.2) is 0 Å². The average Bonchev–Trinajstić information content (AvgIpc) is 1.94. The Morgan fingerprint density at radius 3 is 1.88 bits per heavy atom. The zero-order chi connectivity index (χ0) is 13.0. The van der Waals surface area contributed by atoms with Crippen LogP contribution in [-0.2, 0) is 14.3 Å². The van der Waals surface area contributed by atoms with E-state index in [9.17, 15) is 9.59 Å². The maximum Gasteiger partial charge on any atom is 0.306 e. The molecule has 0 aliphatic heterocycles. The highest BCUT2D eigenvalue weighted by Gasteiger charge is 2.18. The lowest BCUT2D eigenvalue weighted by atomic mass is 10.1. The number of amides is 1. The van der Waals surface area contributed by atoms with E-state index in [-0.39, 0.29) is 30.3 Å². The standard InChI is InChI=1S/C12H23NO3/c1-11(2,3)13-9(14)7-8-10(15)16-12(4,5)6/h7-8H2,1-6H3,(H,13,14). The second-order valence-electron chi connectivity index (χ2n) is 5.88. The van der Waals surface area contributed by atoms with E-state index in [0.29, 0.717) is 0 Å². The predicted octanol–water partition coefficient (Wildman–Crippen LogP) is 2.02. The van der Waals surface area contributed by atoms with Crippen molar-refractivity contribution >= 4 is 11.9 Å². The van der Waals surface area contributed by atoms with Gasteiger partial charge in [0.2, 0.25) is 5.91 Å². The van der Waals surface area contributed by atoms with Crippen molar-refractivity contribution < 1.29 is 14.3 Å². The van der Waals surface area contributed by atoms with Crippen LogP contribution in [0.3, 0.4) is 0 Å². The molecule has 0 radical (unpaired) electrons. The molecule has 4 heteroatoms. The van der Waals surface area contributed by atoms with E-state index in [4.69, 9.17) is 4.74 Å². The van der Waals surface area contributed by atoms with E-state index in [0.717, 1.165) is 0 Å². The molecular weight excluding hydrogens is 206 g/mol. The highest BCUT2D eigenvalue weighted by Crippen LogP contribution is 2.09. The molecule has 0 saturated carbocycles. The summed E-state index contributed by atoms with van der Waals surface area (Å²) < 4.78 is 5.10. The molecule has 0 aromatic rings.